The van der Waals surface area contributed by atoms with Gasteiger partial charge >= 0.3 is 0 Å². The highest BCUT2D eigenvalue weighted by Gasteiger charge is 2.16. The maximum absolute atomic E-state index is 5.60. The van der Waals surface area contributed by atoms with Crippen LogP contribution < -0.4 is 10.6 Å². The van der Waals surface area contributed by atoms with Gasteiger partial charge < -0.3 is 10.6 Å². The summed E-state index contributed by atoms with van der Waals surface area (Å²) in [6.07, 6.45) is 1.11. The van der Waals surface area contributed by atoms with Crippen LogP contribution in [0.5, 0.6) is 0 Å². The number of hydrogen-bond donors (Lipinski definition) is 2. The van der Waals surface area contributed by atoms with Crippen LogP contribution in [-0.4, -0.2) is 23.8 Å². The van der Waals surface area contributed by atoms with Crippen LogP contribution >= 0.6 is 0 Å². The number of nitrogens with zero attached hydrogens (tertiary/aromatic N) is 2. The lowest BCUT2D eigenvalue weighted by molar-refractivity contribution is 0.956. The largest absolute Gasteiger partial charge is 0.382 e. The molecule has 0 unspecified atom stereocenters. The van der Waals surface area contributed by atoms with Crippen LogP contribution in [0.4, 0.5) is 11.5 Å². The number of aromatic amines is 1. The van der Waals surface area contributed by atoms with Crippen molar-refractivity contribution in [3.05, 3.63) is 29.8 Å². The van der Waals surface area contributed by atoms with Crippen molar-refractivity contribution in [2.75, 3.05) is 24.2 Å². The molecule has 0 saturated heterocycles. The molecule has 0 aliphatic carbocycles. The Balaban J connectivity index is 2.05. The lowest BCUT2D eigenvalue weighted by atomic mass is 10.1. The van der Waals surface area contributed by atoms with E-state index in [9.17, 15) is 0 Å². The molecule has 1 aromatic carbocycles. The number of hydrogen-bond acceptors (Lipinski definition) is 3. The predicted octanol–water partition coefficient (Wildman–Crippen LogP) is 1.65. The molecule has 0 saturated carbocycles. The number of aromatic nitrogens is 2. The average Bonchev–Trinajstić information content (AvgIpc) is 2.86. The van der Waals surface area contributed by atoms with Gasteiger partial charge in [-0.15, -0.1) is 0 Å². The fraction of sp³-hybridized carbons (Fsp3) is 0.250. The van der Waals surface area contributed by atoms with E-state index in [0.29, 0.717) is 5.82 Å². The van der Waals surface area contributed by atoms with Gasteiger partial charge in [0, 0.05) is 30.9 Å². The Hall–Kier alpha value is -1.97. The third-order valence-corrected chi connectivity index (χ3v) is 3.12. The monoisotopic (exact) mass is 214 g/mol. The molecule has 0 fully saturated rings. The first kappa shape index (κ1) is 9.27. The fourth-order valence-electron chi connectivity index (χ4n) is 2.22. The minimum Gasteiger partial charge on any atom is -0.382 e. The number of nitrogens with two attached hydrogens (primary N) is 1. The summed E-state index contributed by atoms with van der Waals surface area (Å²) in [5.41, 5.74) is 10.5. The number of benzene rings is 1. The summed E-state index contributed by atoms with van der Waals surface area (Å²) in [6.45, 7) is 1.10. The van der Waals surface area contributed by atoms with Crippen molar-refractivity contribution in [1.29, 1.82) is 0 Å². The Labute approximate surface area is 94.1 Å². The van der Waals surface area contributed by atoms with Crippen molar-refractivity contribution in [3.63, 3.8) is 0 Å². The molecule has 1 aliphatic heterocycles. The van der Waals surface area contributed by atoms with E-state index >= 15 is 0 Å². The van der Waals surface area contributed by atoms with E-state index in [0.717, 1.165) is 24.2 Å². The van der Waals surface area contributed by atoms with Crippen LogP contribution in [0.1, 0.15) is 5.56 Å². The van der Waals surface area contributed by atoms with E-state index in [1.807, 2.05) is 6.07 Å². The van der Waals surface area contributed by atoms with Crippen molar-refractivity contribution >= 4 is 11.5 Å². The number of anilines is 2. The maximum atomic E-state index is 5.60. The van der Waals surface area contributed by atoms with Gasteiger partial charge in [-0.1, -0.05) is 6.07 Å². The third kappa shape index (κ3) is 1.34. The van der Waals surface area contributed by atoms with Crippen LogP contribution in [0.25, 0.3) is 11.3 Å². The average molecular weight is 214 g/mol. The molecular formula is C12H14N4. The number of rotatable bonds is 1. The van der Waals surface area contributed by atoms with Gasteiger partial charge in [0.25, 0.3) is 0 Å². The first-order valence-corrected chi connectivity index (χ1v) is 5.39. The van der Waals surface area contributed by atoms with Crippen LogP contribution in [0.2, 0.25) is 0 Å². The van der Waals surface area contributed by atoms with Gasteiger partial charge in [0.15, 0.2) is 0 Å². The molecule has 4 nitrogen and oxygen atoms in total. The van der Waals surface area contributed by atoms with E-state index in [-0.39, 0.29) is 0 Å². The van der Waals surface area contributed by atoms with Crippen molar-refractivity contribution < 1.29 is 0 Å². The van der Waals surface area contributed by atoms with Crippen molar-refractivity contribution in [2.45, 2.75) is 6.42 Å². The van der Waals surface area contributed by atoms with Crippen LogP contribution in [0, 0.1) is 0 Å². The van der Waals surface area contributed by atoms with Gasteiger partial charge in [0.05, 0.1) is 5.69 Å². The van der Waals surface area contributed by atoms with E-state index < -0.39 is 0 Å². The third-order valence-electron chi connectivity index (χ3n) is 3.12. The first-order valence-electron chi connectivity index (χ1n) is 5.39. The molecule has 0 atom stereocenters. The topological polar surface area (TPSA) is 57.9 Å². The highest BCUT2D eigenvalue weighted by Crippen LogP contribution is 2.30. The van der Waals surface area contributed by atoms with Crippen LogP contribution in [0.3, 0.4) is 0 Å². The van der Waals surface area contributed by atoms with Crippen LogP contribution in [0.15, 0.2) is 24.3 Å². The highest BCUT2D eigenvalue weighted by atomic mass is 15.2. The molecule has 0 spiro atoms. The summed E-state index contributed by atoms with van der Waals surface area (Å²) < 4.78 is 0. The summed E-state index contributed by atoms with van der Waals surface area (Å²) >= 11 is 0. The maximum Gasteiger partial charge on any atom is 0.145 e. The fourth-order valence-corrected chi connectivity index (χ4v) is 2.22. The minimum atomic E-state index is 0.535. The van der Waals surface area contributed by atoms with Gasteiger partial charge in [-0.2, -0.15) is 5.10 Å². The molecule has 1 aliphatic rings. The minimum absolute atomic E-state index is 0.535. The molecule has 2 heterocycles. The van der Waals surface area contributed by atoms with E-state index in [1.165, 1.54) is 11.3 Å². The zero-order valence-corrected chi connectivity index (χ0v) is 9.20. The SMILES string of the molecule is CN1CCc2cc(-c3cc(N)n[nH]3)ccc21. The van der Waals surface area contributed by atoms with Gasteiger partial charge in [0.1, 0.15) is 5.82 Å². The number of fused-ring (bicyclic) bond motifs is 1. The molecule has 1 aromatic heterocycles. The van der Waals surface area contributed by atoms with Crippen molar-refractivity contribution in [2.24, 2.45) is 0 Å². The molecule has 0 bridgehead atoms. The first-order chi connectivity index (χ1) is 7.74. The number of H-pyrrole nitrogens is 1. The van der Waals surface area contributed by atoms with Gasteiger partial charge in [-0.25, -0.2) is 0 Å². The van der Waals surface area contributed by atoms with Crippen molar-refractivity contribution in [3.8, 4) is 11.3 Å². The number of likely N-dealkylation sites (N-methyl/N-ethyl adjacent to an activating group) is 1. The quantitative estimate of drug-likeness (QED) is 0.759. The standard InChI is InChI=1S/C12H14N4/c1-16-5-4-9-6-8(2-3-11(9)16)10-7-12(13)15-14-10/h2-3,6-7H,4-5H2,1H3,(H3,13,14,15). The molecule has 3 rings (SSSR count). The smallest absolute Gasteiger partial charge is 0.145 e. The number of nitrogen functional groups attached to an aromatic ring is 1. The molecule has 0 amide bonds. The molecule has 82 valence electrons. The predicted molar refractivity (Wildman–Crippen MR) is 65.4 cm³/mol. The second kappa shape index (κ2) is 3.27. The lowest BCUT2D eigenvalue weighted by Crippen LogP contribution is -2.12. The number of nitrogens with one attached hydrogen (secondary N) is 1. The zero-order chi connectivity index (χ0) is 11.1. The van der Waals surface area contributed by atoms with Gasteiger partial charge in [0.2, 0.25) is 0 Å². The molecular weight excluding hydrogens is 200 g/mol. The molecule has 4 heteroatoms. The summed E-state index contributed by atoms with van der Waals surface area (Å²) in [5.74, 6) is 0.535. The van der Waals surface area contributed by atoms with E-state index in [1.54, 1.807) is 0 Å². The Morgan fingerprint density at radius 3 is 3.00 bits per heavy atom. The van der Waals surface area contributed by atoms with E-state index in [4.69, 9.17) is 5.73 Å². The van der Waals surface area contributed by atoms with Crippen LogP contribution in [-0.2, 0) is 6.42 Å². The summed E-state index contributed by atoms with van der Waals surface area (Å²) in [6, 6.07) is 8.34. The Morgan fingerprint density at radius 1 is 1.38 bits per heavy atom. The Kier molecular flexibility index (Phi) is 1.89. The summed E-state index contributed by atoms with van der Waals surface area (Å²) in [4.78, 5) is 2.28. The van der Waals surface area contributed by atoms with E-state index in [2.05, 4.69) is 40.3 Å². The Bertz CT molecular complexity index is 530. The lowest BCUT2D eigenvalue weighted by Gasteiger charge is -2.11. The second-order valence-electron chi connectivity index (χ2n) is 4.22. The second-order valence-corrected chi connectivity index (χ2v) is 4.22. The Morgan fingerprint density at radius 2 is 2.25 bits per heavy atom. The normalized spacial score (nSPS) is 14.2. The molecule has 2 aromatic rings. The van der Waals surface area contributed by atoms with Gasteiger partial charge in [-0.05, 0) is 24.1 Å². The van der Waals surface area contributed by atoms with Gasteiger partial charge in [-0.3, -0.25) is 5.10 Å². The van der Waals surface area contributed by atoms with Crippen molar-refractivity contribution in [1.82, 2.24) is 10.2 Å². The molecule has 16 heavy (non-hydrogen) atoms. The summed E-state index contributed by atoms with van der Waals surface area (Å²) in [7, 11) is 2.12. The summed E-state index contributed by atoms with van der Waals surface area (Å²) in [5, 5.41) is 6.88. The highest BCUT2D eigenvalue weighted by molar-refractivity contribution is 5.69. The molecule has 0 radical (unpaired) electrons. The molecule has 3 N–H and O–H groups in total. The zero-order valence-electron chi connectivity index (χ0n) is 9.20.